The summed E-state index contributed by atoms with van der Waals surface area (Å²) in [5, 5.41) is 6.41. The number of ether oxygens (including phenoxy) is 1. The smallest absolute Gasteiger partial charge is 0.298 e. The van der Waals surface area contributed by atoms with E-state index in [1.165, 1.54) is 0 Å². The summed E-state index contributed by atoms with van der Waals surface area (Å²) in [4.78, 5) is 12.6. The molecule has 0 bridgehead atoms. The van der Waals surface area contributed by atoms with Gasteiger partial charge in [0.1, 0.15) is 5.69 Å². The van der Waals surface area contributed by atoms with Gasteiger partial charge >= 0.3 is 0 Å². The molecular formula is C17H20F2N2O3. The van der Waals surface area contributed by atoms with Crippen molar-refractivity contribution < 1.29 is 22.8 Å². The van der Waals surface area contributed by atoms with E-state index in [9.17, 15) is 13.6 Å². The highest BCUT2D eigenvalue weighted by atomic mass is 19.3. The van der Waals surface area contributed by atoms with E-state index >= 15 is 0 Å². The Balaban J connectivity index is 2.18. The number of benzene rings is 1. The van der Waals surface area contributed by atoms with Gasteiger partial charge in [0.25, 0.3) is 12.3 Å². The highest BCUT2D eigenvalue weighted by molar-refractivity contribution is 5.83. The normalized spacial score (nSPS) is 13.1. The van der Waals surface area contributed by atoms with Gasteiger partial charge < -0.3 is 14.6 Å². The largest absolute Gasteiger partial charge is 0.364 e. The lowest BCUT2D eigenvalue weighted by Gasteiger charge is -2.27. The van der Waals surface area contributed by atoms with Gasteiger partial charge in [-0.15, -0.1) is 0 Å². The van der Waals surface area contributed by atoms with Gasteiger partial charge in [0.15, 0.2) is 6.10 Å². The molecule has 1 atom stereocenters. The van der Waals surface area contributed by atoms with Gasteiger partial charge in [0, 0.05) is 12.7 Å². The molecular weight excluding hydrogens is 318 g/mol. The zero-order valence-electron chi connectivity index (χ0n) is 13.8. The molecule has 0 saturated heterocycles. The van der Waals surface area contributed by atoms with Crippen LogP contribution in [-0.2, 0) is 15.1 Å². The number of aromatic nitrogens is 1. The summed E-state index contributed by atoms with van der Waals surface area (Å²) >= 11 is 0. The second-order valence-electron chi connectivity index (χ2n) is 5.78. The van der Waals surface area contributed by atoms with Crippen LogP contribution in [0.3, 0.4) is 0 Å². The fraction of sp³-hybridized carbons (Fsp3) is 0.412. The van der Waals surface area contributed by atoms with Crippen molar-refractivity contribution in [3.63, 3.8) is 0 Å². The lowest BCUT2D eigenvalue weighted by atomic mass is 9.99. The third-order valence-electron chi connectivity index (χ3n) is 3.49. The molecule has 2 aromatic rings. The van der Waals surface area contributed by atoms with Crippen LogP contribution in [0.25, 0.3) is 0 Å². The predicted octanol–water partition coefficient (Wildman–Crippen LogP) is 3.74. The van der Waals surface area contributed by atoms with Crippen molar-refractivity contribution in [3.8, 4) is 0 Å². The van der Waals surface area contributed by atoms with E-state index in [1.807, 2.05) is 18.2 Å². The van der Waals surface area contributed by atoms with Crippen molar-refractivity contribution in [1.29, 1.82) is 0 Å². The number of carbonyl (C=O) groups excluding carboxylic acids is 1. The summed E-state index contributed by atoms with van der Waals surface area (Å²) in [7, 11) is 0. The molecule has 1 heterocycles. The maximum atomic E-state index is 12.6. The quantitative estimate of drug-likeness (QED) is 0.835. The molecule has 1 aromatic heterocycles. The first-order valence-corrected chi connectivity index (χ1v) is 7.59. The first-order valence-electron chi connectivity index (χ1n) is 7.59. The van der Waals surface area contributed by atoms with Gasteiger partial charge in [0.2, 0.25) is 5.76 Å². The Morgan fingerprint density at radius 3 is 2.54 bits per heavy atom. The standard InChI is InChI=1S/C17H20F2N2O3/c1-4-23-14(11-8-6-5-7-9-11)16(22)20-17(2,3)13-10-12(15(18)19)24-21-13/h5-10,14-15H,4H2,1-3H3,(H,20,22)/t14-/m1/s1. The van der Waals surface area contributed by atoms with Crippen LogP contribution in [0.15, 0.2) is 40.9 Å². The first-order chi connectivity index (χ1) is 11.3. The number of rotatable bonds is 7. The summed E-state index contributed by atoms with van der Waals surface area (Å²) in [5.74, 6) is -0.911. The van der Waals surface area contributed by atoms with Gasteiger partial charge in [-0.2, -0.15) is 0 Å². The molecule has 0 aliphatic heterocycles. The summed E-state index contributed by atoms with van der Waals surface area (Å²) in [6.45, 7) is 5.46. The number of amides is 1. The van der Waals surface area contributed by atoms with Gasteiger partial charge in [0.05, 0.1) is 5.54 Å². The number of carbonyl (C=O) groups is 1. The van der Waals surface area contributed by atoms with Crippen LogP contribution in [-0.4, -0.2) is 17.7 Å². The molecule has 0 saturated carbocycles. The van der Waals surface area contributed by atoms with Crippen molar-refractivity contribution >= 4 is 5.91 Å². The minimum atomic E-state index is -2.75. The Bertz CT molecular complexity index is 671. The summed E-state index contributed by atoms with van der Waals surface area (Å²) in [5.41, 5.74) is -0.0618. The second-order valence-corrected chi connectivity index (χ2v) is 5.78. The van der Waals surface area contributed by atoms with Crippen LogP contribution in [0, 0.1) is 0 Å². The van der Waals surface area contributed by atoms with E-state index in [0.717, 1.165) is 6.07 Å². The van der Waals surface area contributed by atoms with E-state index in [2.05, 4.69) is 15.0 Å². The van der Waals surface area contributed by atoms with Gasteiger partial charge in [-0.3, -0.25) is 4.79 Å². The molecule has 1 aromatic carbocycles. The second kappa shape index (κ2) is 7.53. The molecule has 1 N–H and O–H groups in total. The highest BCUT2D eigenvalue weighted by Gasteiger charge is 2.32. The monoisotopic (exact) mass is 338 g/mol. The van der Waals surface area contributed by atoms with Crippen molar-refractivity contribution in [2.75, 3.05) is 6.61 Å². The van der Waals surface area contributed by atoms with Crippen molar-refractivity contribution in [3.05, 3.63) is 53.4 Å². The lowest BCUT2D eigenvalue weighted by molar-refractivity contribution is -0.134. The molecule has 24 heavy (non-hydrogen) atoms. The van der Waals surface area contributed by atoms with Crippen molar-refractivity contribution in [2.45, 2.75) is 38.8 Å². The zero-order valence-corrected chi connectivity index (χ0v) is 13.8. The first kappa shape index (κ1) is 18.1. The minimum Gasteiger partial charge on any atom is -0.364 e. The number of halogens is 2. The maximum Gasteiger partial charge on any atom is 0.298 e. The van der Waals surface area contributed by atoms with Gasteiger partial charge in [-0.25, -0.2) is 8.78 Å². The molecule has 0 fully saturated rings. The van der Waals surface area contributed by atoms with E-state index in [0.29, 0.717) is 12.2 Å². The number of hydrogen-bond donors (Lipinski definition) is 1. The number of nitrogens with zero attached hydrogens (tertiary/aromatic N) is 1. The molecule has 0 aliphatic rings. The Hall–Kier alpha value is -2.28. The third kappa shape index (κ3) is 4.17. The SMILES string of the molecule is CCO[C@@H](C(=O)NC(C)(C)c1cc(C(F)F)on1)c1ccccc1. The van der Waals surface area contributed by atoms with E-state index < -0.39 is 23.8 Å². The predicted molar refractivity (Wildman–Crippen MR) is 83.4 cm³/mol. The fourth-order valence-corrected chi connectivity index (χ4v) is 2.24. The Morgan fingerprint density at radius 1 is 1.33 bits per heavy atom. The molecule has 0 unspecified atom stereocenters. The van der Waals surface area contributed by atoms with E-state index in [4.69, 9.17) is 4.74 Å². The Labute approximate surface area is 139 Å². The molecule has 1 amide bonds. The Morgan fingerprint density at radius 2 is 2.00 bits per heavy atom. The van der Waals surface area contributed by atoms with E-state index in [1.54, 1.807) is 32.9 Å². The molecule has 5 nitrogen and oxygen atoms in total. The number of alkyl halides is 2. The molecule has 0 aliphatic carbocycles. The Kier molecular flexibility index (Phi) is 5.66. The van der Waals surface area contributed by atoms with Crippen LogP contribution in [0.5, 0.6) is 0 Å². The average Bonchev–Trinajstić information content (AvgIpc) is 3.04. The van der Waals surface area contributed by atoms with Crippen LogP contribution in [0.1, 0.15) is 50.3 Å². The average molecular weight is 338 g/mol. The highest BCUT2D eigenvalue weighted by Crippen LogP contribution is 2.27. The fourth-order valence-electron chi connectivity index (χ4n) is 2.24. The van der Waals surface area contributed by atoms with Gasteiger partial charge in [-0.05, 0) is 26.3 Å². The van der Waals surface area contributed by atoms with Crippen molar-refractivity contribution in [1.82, 2.24) is 10.5 Å². The third-order valence-corrected chi connectivity index (χ3v) is 3.49. The molecule has 7 heteroatoms. The summed E-state index contributed by atoms with van der Waals surface area (Å²) in [6, 6.07) is 10.2. The van der Waals surface area contributed by atoms with Crippen molar-refractivity contribution in [2.24, 2.45) is 0 Å². The molecule has 0 spiro atoms. The van der Waals surface area contributed by atoms with Crippen LogP contribution < -0.4 is 5.32 Å². The molecule has 130 valence electrons. The number of hydrogen-bond acceptors (Lipinski definition) is 4. The van der Waals surface area contributed by atoms with Crippen LogP contribution in [0.4, 0.5) is 8.78 Å². The molecule has 2 rings (SSSR count). The van der Waals surface area contributed by atoms with E-state index in [-0.39, 0.29) is 11.6 Å². The van der Waals surface area contributed by atoms with Crippen LogP contribution >= 0.6 is 0 Å². The summed E-state index contributed by atoms with van der Waals surface area (Å²) in [6.07, 6.45) is -3.55. The topological polar surface area (TPSA) is 64.4 Å². The maximum absolute atomic E-state index is 12.6. The minimum absolute atomic E-state index is 0.217. The van der Waals surface area contributed by atoms with Gasteiger partial charge in [-0.1, -0.05) is 35.5 Å². The zero-order chi connectivity index (χ0) is 17.7. The summed E-state index contributed by atoms with van der Waals surface area (Å²) < 4.78 is 35.4. The van der Waals surface area contributed by atoms with Crippen LogP contribution in [0.2, 0.25) is 0 Å². The molecule has 0 radical (unpaired) electrons. The lowest BCUT2D eigenvalue weighted by Crippen LogP contribution is -2.44. The number of nitrogens with one attached hydrogen (secondary N) is 1.